The molecule has 88 valence electrons. The van der Waals surface area contributed by atoms with Crippen LogP contribution in [-0.2, 0) is 6.42 Å². The average Bonchev–Trinajstić information content (AvgIpc) is 2.68. The Balaban J connectivity index is 2.06. The van der Waals surface area contributed by atoms with Crippen molar-refractivity contribution >= 4 is 27.7 Å². The van der Waals surface area contributed by atoms with E-state index in [9.17, 15) is 0 Å². The van der Waals surface area contributed by atoms with Gasteiger partial charge in [-0.05, 0) is 59.1 Å². The number of nitrogens with zero attached hydrogens (tertiary/aromatic N) is 1. The molecule has 3 rings (SSSR count). The summed E-state index contributed by atoms with van der Waals surface area (Å²) in [7, 11) is 0. The quantitative estimate of drug-likeness (QED) is 0.856. The highest BCUT2D eigenvalue weighted by atomic mass is 79.9. The number of nitrogens with one attached hydrogen (secondary N) is 1. The Hall–Kier alpha value is -0.740. The third kappa shape index (κ3) is 2.16. The first-order valence-electron chi connectivity index (χ1n) is 5.72. The lowest BCUT2D eigenvalue weighted by molar-refractivity contribution is 0.890. The second-order valence-corrected chi connectivity index (χ2v) is 6.19. The summed E-state index contributed by atoms with van der Waals surface area (Å²) >= 11 is 5.49. The minimum atomic E-state index is 0.943. The van der Waals surface area contributed by atoms with Gasteiger partial charge in [-0.1, -0.05) is 6.07 Å². The van der Waals surface area contributed by atoms with E-state index in [1.54, 1.807) is 0 Å². The molecule has 1 aromatic heterocycles. The summed E-state index contributed by atoms with van der Waals surface area (Å²) in [4.78, 5) is 9.14. The van der Waals surface area contributed by atoms with Gasteiger partial charge in [0.15, 0.2) is 0 Å². The first-order valence-corrected chi connectivity index (χ1v) is 7.50. The normalized spacial score (nSPS) is 14.7. The van der Waals surface area contributed by atoms with E-state index < -0.39 is 0 Å². The SMILES string of the molecule is Cc1nc(-c2ccc3c(c2)CCCS3)c(Br)[nH]1. The van der Waals surface area contributed by atoms with Crippen molar-refractivity contribution in [3.63, 3.8) is 0 Å². The van der Waals surface area contributed by atoms with Gasteiger partial charge in [0.25, 0.3) is 0 Å². The zero-order valence-corrected chi connectivity index (χ0v) is 12.0. The van der Waals surface area contributed by atoms with Gasteiger partial charge in [-0.2, -0.15) is 0 Å². The number of aromatic amines is 1. The summed E-state index contributed by atoms with van der Waals surface area (Å²) in [5.74, 6) is 2.19. The highest BCUT2D eigenvalue weighted by Crippen LogP contribution is 2.34. The van der Waals surface area contributed by atoms with Crippen molar-refractivity contribution in [2.75, 3.05) is 5.75 Å². The summed E-state index contributed by atoms with van der Waals surface area (Å²) in [5.41, 5.74) is 3.68. The largest absolute Gasteiger partial charge is 0.336 e. The van der Waals surface area contributed by atoms with Crippen LogP contribution in [0.5, 0.6) is 0 Å². The molecule has 0 saturated carbocycles. The van der Waals surface area contributed by atoms with Crippen molar-refractivity contribution in [3.8, 4) is 11.3 Å². The molecule has 2 nitrogen and oxygen atoms in total. The molecule has 0 spiro atoms. The molecule has 2 heterocycles. The van der Waals surface area contributed by atoms with Crippen molar-refractivity contribution in [3.05, 3.63) is 34.2 Å². The van der Waals surface area contributed by atoms with Gasteiger partial charge >= 0.3 is 0 Å². The lowest BCUT2D eigenvalue weighted by Gasteiger charge is -2.15. The van der Waals surface area contributed by atoms with Gasteiger partial charge in [0, 0.05) is 10.5 Å². The molecule has 0 unspecified atom stereocenters. The van der Waals surface area contributed by atoms with Crippen LogP contribution in [0.3, 0.4) is 0 Å². The van der Waals surface area contributed by atoms with E-state index in [0.717, 1.165) is 16.1 Å². The maximum absolute atomic E-state index is 4.52. The number of aromatic nitrogens is 2. The third-order valence-electron chi connectivity index (χ3n) is 2.96. The number of imidazole rings is 1. The predicted molar refractivity (Wildman–Crippen MR) is 75.5 cm³/mol. The van der Waals surface area contributed by atoms with Crippen molar-refractivity contribution in [1.29, 1.82) is 0 Å². The van der Waals surface area contributed by atoms with Gasteiger partial charge in [-0.25, -0.2) is 4.98 Å². The van der Waals surface area contributed by atoms with Crippen LogP contribution in [0.4, 0.5) is 0 Å². The van der Waals surface area contributed by atoms with E-state index in [4.69, 9.17) is 0 Å². The molecule has 0 atom stereocenters. The van der Waals surface area contributed by atoms with Gasteiger partial charge in [0.1, 0.15) is 16.1 Å². The monoisotopic (exact) mass is 308 g/mol. The number of hydrogen-bond acceptors (Lipinski definition) is 2. The molecule has 1 aliphatic rings. The molecule has 0 radical (unpaired) electrons. The molecule has 0 bridgehead atoms. The van der Waals surface area contributed by atoms with Gasteiger partial charge in [0.05, 0.1) is 0 Å². The van der Waals surface area contributed by atoms with Crippen LogP contribution in [0.1, 0.15) is 17.8 Å². The molecular weight excluding hydrogens is 296 g/mol. The Morgan fingerprint density at radius 1 is 1.41 bits per heavy atom. The molecule has 0 amide bonds. The van der Waals surface area contributed by atoms with Gasteiger partial charge in [-0.15, -0.1) is 11.8 Å². The zero-order valence-electron chi connectivity index (χ0n) is 9.59. The highest BCUT2D eigenvalue weighted by Gasteiger charge is 2.13. The fourth-order valence-electron chi connectivity index (χ4n) is 2.16. The standard InChI is InChI=1S/C13H13BrN2S/c1-8-15-12(13(14)16-8)10-4-5-11-9(7-10)3-2-6-17-11/h4-5,7H,2-3,6H2,1H3,(H,15,16). The minimum Gasteiger partial charge on any atom is -0.336 e. The number of thioether (sulfide) groups is 1. The number of rotatable bonds is 1. The van der Waals surface area contributed by atoms with Gasteiger partial charge in [0.2, 0.25) is 0 Å². The second-order valence-electron chi connectivity index (χ2n) is 4.26. The number of H-pyrrole nitrogens is 1. The fraction of sp³-hybridized carbons (Fsp3) is 0.308. The Morgan fingerprint density at radius 3 is 3.06 bits per heavy atom. The van der Waals surface area contributed by atoms with Gasteiger partial charge in [-0.3, -0.25) is 0 Å². The molecule has 2 aromatic rings. The van der Waals surface area contributed by atoms with E-state index >= 15 is 0 Å². The molecule has 1 aromatic carbocycles. The first kappa shape index (κ1) is 11.4. The van der Waals surface area contributed by atoms with Crippen LogP contribution in [0.15, 0.2) is 27.7 Å². The molecule has 0 aliphatic carbocycles. The van der Waals surface area contributed by atoms with Crippen molar-refractivity contribution in [2.24, 2.45) is 0 Å². The van der Waals surface area contributed by atoms with E-state index in [1.165, 1.54) is 34.6 Å². The lowest BCUT2D eigenvalue weighted by Crippen LogP contribution is -1.98. The number of benzene rings is 1. The Morgan fingerprint density at radius 2 is 2.29 bits per heavy atom. The zero-order chi connectivity index (χ0) is 11.8. The van der Waals surface area contributed by atoms with Crippen molar-refractivity contribution < 1.29 is 0 Å². The molecule has 0 saturated heterocycles. The summed E-state index contributed by atoms with van der Waals surface area (Å²) < 4.78 is 0.971. The highest BCUT2D eigenvalue weighted by molar-refractivity contribution is 9.10. The van der Waals surface area contributed by atoms with E-state index in [-0.39, 0.29) is 0 Å². The Labute approximate surface area is 113 Å². The van der Waals surface area contributed by atoms with Crippen LogP contribution < -0.4 is 0 Å². The lowest BCUT2D eigenvalue weighted by atomic mass is 10.0. The van der Waals surface area contributed by atoms with E-state index in [0.29, 0.717) is 0 Å². The molecular formula is C13H13BrN2S. The van der Waals surface area contributed by atoms with Crippen molar-refractivity contribution in [1.82, 2.24) is 9.97 Å². The molecule has 1 aliphatic heterocycles. The van der Waals surface area contributed by atoms with Crippen LogP contribution in [0, 0.1) is 6.92 Å². The van der Waals surface area contributed by atoms with Crippen LogP contribution in [-0.4, -0.2) is 15.7 Å². The molecule has 0 fully saturated rings. The third-order valence-corrected chi connectivity index (χ3v) is 4.74. The predicted octanol–water partition coefficient (Wildman–Crippen LogP) is 4.19. The van der Waals surface area contributed by atoms with Crippen LogP contribution >= 0.6 is 27.7 Å². The number of halogens is 1. The number of hydrogen-bond donors (Lipinski definition) is 1. The van der Waals surface area contributed by atoms with E-state index in [2.05, 4.69) is 44.1 Å². The van der Waals surface area contributed by atoms with Gasteiger partial charge < -0.3 is 4.98 Å². The first-order chi connectivity index (χ1) is 8.24. The van der Waals surface area contributed by atoms with E-state index in [1.807, 2.05) is 18.7 Å². The number of aryl methyl sites for hydroxylation is 2. The average molecular weight is 309 g/mol. The summed E-state index contributed by atoms with van der Waals surface area (Å²) in [6, 6.07) is 6.67. The summed E-state index contributed by atoms with van der Waals surface area (Å²) in [5, 5.41) is 0. The van der Waals surface area contributed by atoms with Crippen molar-refractivity contribution in [2.45, 2.75) is 24.7 Å². The fourth-order valence-corrected chi connectivity index (χ4v) is 3.79. The smallest absolute Gasteiger partial charge is 0.110 e. The topological polar surface area (TPSA) is 28.7 Å². The van der Waals surface area contributed by atoms with Crippen LogP contribution in [0.2, 0.25) is 0 Å². The van der Waals surface area contributed by atoms with Crippen LogP contribution in [0.25, 0.3) is 11.3 Å². The number of fused-ring (bicyclic) bond motifs is 1. The molecule has 4 heteroatoms. The summed E-state index contributed by atoms with van der Waals surface area (Å²) in [6.07, 6.45) is 2.47. The molecule has 1 N–H and O–H groups in total. The molecule has 17 heavy (non-hydrogen) atoms. The second kappa shape index (κ2) is 4.50. The maximum atomic E-state index is 4.52. The Kier molecular flexibility index (Phi) is 3.01. The Bertz CT molecular complexity index is 563. The maximum Gasteiger partial charge on any atom is 0.110 e. The summed E-state index contributed by atoms with van der Waals surface area (Å²) in [6.45, 7) is 1.97. The minimum absolute atomic E-state index is 0.943.